The van der Waals surface area contributed by atoms with Gasteiger partial charge in [-0.1, -0.05) is 17.4 Å². The lowest BCUT2D eigenvalue weighted by Gasteiger charge is -2.28. The lowest BCUT2D eigenvalue weighted by molar-refractivity contribution is -0.128. The molecular formula is C19H22N6O3. The maximum Gasteiger partial charge on any atom is 0.261 e. The first-order valence-electron chi connectivity index (χ1n) is 8.79. The Bertz CT molecular complexity index is 985. The maximum atomic E-state index is 13.0. The molecule has 1 heterocycles. The van der Waals surface area contributed by atoms with Crippen molar-refractivity contribution >= 4 is 34.2 Å². The molecule has 2 aromatic carbocycles. The number of benzene rings is 2. The molecule has 0 fully saturated rings. The largest absolute Gasteiger partial charge is 0.322 e. The topological polar surface area (TPSA) is 112 Å². The van der Waals surface area contributed by atoms with Crippen molar-refractivity contribution in [3.63, 3.8) is 0 Å². The molecule has 0 saturated heterocycles. The first-order valence-corrected chi connectivity index (χ1v) is 8.79. The van der Waals surface area contributed by atoms with Gasteiger partial charge in [0.1, 0.15) is 0 Å². The molecular weight excluding hydrogens is 360 g/mol. The molecule has 0 unspecified atom stereocenters. The summed E-state index contributed by atoms with van der Waals surface area (Å²) in [5, 5.41) is 10.3. The normalized spacial score (nSPS) is 13.8. The van der Waals surface area contributed by atoms with Crippen molar-refractivity contribution in [2.24, 2.45) is 16.1 Å². The molecule has 0 aliphatic carbocycles. The number of hydrogen-bond donors (Lipinski definition) is 1. The Morgan fingerprint density at radius 2 is 1.82 bits per heavy atom. The van der Waals surface area contributed by atoms with Crippen LogP contribution >= 0.6 is 0 Å². The highest BCUT2D eigenvalue weighted by atomic mass is 16.2. The van der Waals surface area contributed by atoms with Crippen molar-refractivity contribution in [2.75, 3.05) is 40.8 Å². The van der Waals surface area contributed by atoms with Gasteiger partial charge in [-0.25, -0.2) is 5.01 Å². The summed E-state index contributed by atoms with van der Waals surface area (Å²) in [6, 6.07) is 8.62. The molecule has 0 aromatic heterocycles. The van der Waals surface area contributed by atoms with Crippen LogP contribution in [0.3, 0.4) is 0 Å². The van der Waals surface area contributed by atoms with Crippen LogP contribution in [0.2, 0.25) is 0 Å². The Hall–Kier alpha value is -3.17. The van der Waals surface area contributed by atoms with Crippen molar-refractivity contribution < 1.29 is 14.4 Å². The number of carbonyl (C=O) groups excluding carboxylic acids is 3. The Morgan fingerprint density at radius 1 is 1.11 bits per heavy atom. The van der Waals surface area contributed by atoms with Gasteiger partial charge in [0.2, 0.25) is 0 Å². The zero-order valence-corrected chi connectivity index (χ0v) is 16.0. The molecule has 1 aliphatic heterocycles. The van der Waals surface area contributed by atoms with Crippen molar-refractivity contribution in [1.82, 2.24) is 14.8 Å². The summed E-state index contributed by atoms with van der Waals surface area (Å²) in [7, 11) is 5.21. The van der Waals surface area contributed by atoms with Crippen LogP contribution in [-0.2, 0) is 4.79 Å². The van der Waals surface area contributed by atoms with E-state index in [-0.39, 0.29) is 24.3 Å². The number of nitrogens with zero attached hydrogens (tertiary/aromatic N) is 5. The van der Waals surface area contributed by atoms with Crippen molar-refractivity contribution in [1.29, 1.82) is 0 Å². The molecule has 3 amide bonds. The molecule has 9 heteroatoms. The highest BCUT2D eigenvalue weighted by Crippen LogP contribution is 2.33. The summed E-state index contributed by atoms with van der Waals surface area (Å²) in [6.45, 7) is 0.678. The number of likely N-dealkylation sites (N-methyl/N-ethyl adjacent to an activating group) is 2. The second-order valence-electron chi connectivity index (χ2n) is 6.77. The minimum atomic E-state index is -0.385. The fourth-order valence-electron chi connectivity index (χ4n) is 3.00. The van der Waals surface area contributed by atoms with Crippen LogP contribution < -0.4 is 5.73 Å². The number of carbonyl (C=O) groups is 3. The van der Waals surface area contributed by atoms with Crippen molar-refractivity contribution in [2.45, 2.75) is 0 Å². The van der Waals surface area contributed by atoms with Gasteiger partial charge < -0.3 is 10.6 Å². The third-order valence-corrected chi connectivity index (χ3v) is 4.51. The van der Waals surface area contributed by atoms with Crippen LogP contribution in [0, 0.1) is 0 Å². The molecule has 0 spiro atoms. The second kappa shape index (κ2) is 7.83. The van der Waals surface area contributed by atoms with Gasteiger partial charge in [0, 0.05) is 31.1 Å². The summed E-state index contributed by atoms with van der Waals surface area (Å²) in [6.07, 6.45) is 0. The highest BCUT2D eigenvalue weighted by Gasteiger charge is 2.32. The predicted molar refractivity (Wildman–Crippen MR) is 104 cm³/mol. The molecule has 1 aliphatic rings. The quantitative estimate of drug-likeness (QED) is 0.461. The molecule has 0 saturated carbocycles. The molecule has 0 radical (unpaired) electrons. The van der Waals surface area contributed by atoms with E-state index in [0.717, 1.165) is 5.01 Å². The van der Waals surface area contributed by atoms with E-state index in [1.807, 2.05) is 25.1 Å². The average Bonchev–Trinajstić information content (AvgIpc) is 2.68. The van der Waals surface area contributed by atoms with Crippen LogP contribution in [0.5, 0.6) is 0 Å². The Kier molecular flexibility index (Phi) is 5.48. The van der Waals surface area contributed by atoms with E-state index in [4.69, 9.17) is 5.73 Å². The van der Waals surface area contributed by atoms with Gasteiger partial charge in [-0.05, 0) is 37.7 Å². The number of nitrogens with two attached hydrogens (primary N) is 1. The van der Waals surface area contributed by atoms with Gasteiger partial charge in [0.05, 0.1) is 17.8 Å². The van der Waals surface area contributed by atoms with E-state index in [2.05, 4.69) is 10.3 Å². The van der Waals surface area contributed by atoms with Crippen LogP contribution in [0.15, 0.2) is 40.7 Å². The summed E-state index contributed by atoms with van der Waals surface area (Å²) < 4.78 is 0. The van der Waals surface area contributed by atoms with E-state index < -0.39 is 0 Å². The monoisotopic (exact) mass is 382 g/mol. The molecule has 9 nitrogen and oxygen atoms in total. The SMILES string of the molecule is CN(C)CCN1C(=O)c2cccc3cc(/N=N/N(C)C(=O)CN)cc(c23)C1=O. The molecule has 146 valence electrons. The van der Waals surface area contributed by atoms with Crippen molar-refractivity contribution in [3.8, 4) is 0 Å². The molecule has 2 aromatic rings. The highest BCUT2D eigenvalue weighted by molar-refractivity contribution is 6.25. The summed E-state index contributed by atoms with van der Waals surface area (Å²) in [5.41, 5.74) is 6.60. The third-order valence-electron chi connectivity index (χ3n) is 4.51. The van der Waals surface area contributed by atoms with E-state index in [0.29, 0.717) is 40.7 Å². The van der Waals surface area contributed by atoms with Gasteiger partial charge in [-0.2, -0.15) is 0 Å². The Labute approximate surface area is 162 Å². The first-order chi connectivity index (χ1) is 13.3. The number of rotatable bonds is 6. The van der Waals surface area contributed by atoms with E-state index >= 15 is 0 Å². The summed E-state index contributed by atoms with van der Waals surface area (Å²) in [4.78, 5) is 40.5. The van der Waals surface area contributed by atoms with E-state index in [1.54, 1.807) is 24.3 Å². The van der Waals surface area contributed by atoms with Crippen molar-refractivity contribution in [3.05, 3.63) is 41.5 Å². The fourth-order valence-corrected chi connectivity index (χ4v) is 3.00. The lowest BCUT2D eigenvalue weighted by atomic mass is 9.93. The second-order valence-corrected chi connectivity index (χ2v) is 6.77. The van der Waals surface area contributed by atoms with Crippen LogP contribution in [0.1, 0.15) is 20.7 Å². The summed E-state index contributed by atoms with van der Waals surface area (Å²) in [5.74, 6) is -1.05. The molecule has 0 bridgehead atoms. The number of hydrogen-bond acceptors (Lipinski definition) is 7. The Balaban J connectivity index is 2.04. The average molecular weight is 382 g/mol. The minimum absolute atomic E-state index is 0.177. The maximum absolute atomic E-state index is 13.0. The first kappa shape index (κ1) is 19.6. The fraction of sp³-hybridized carbons (Fsp3) is 0.316. The lowest BCUT2D eigenvalue weighted by Crippen LogP contribution is -2.43. The third kappa shape index (κ3) is 3.62. The zero-order valence-electron chi connectivity index (χ0n) is 16.0. The van der Waals surface area contributed by atoms with Crippen LogP contribution in [0.25, 0.3) is 10.8 Å². The zero-order chi connectivity index (χ0) is 20.4. The molecule has 2 N–H and O–H groups in total. The van der Waals surface area contributed by atoms with Gasteiger partial charge in [0.15, 0.2) is 0 Å². The molecule has 3 rings (SSSR count). The van der Waals surface area contributed by atoms with Gasteiger partial charge >= 0.3 is 0 Å². The summed E-state index contributed by atoms with van der Waals surface area (Å²) >= 11 is 0. The van der Waals surface area contributed by atoms with Gasteiger partial charge in [-0.15, -0.1) is 5.11 Å². The number of imide groups is 1. The predicted octanol–water partition coefficient (Wildman–Crippen LogP) is 1.41. The minimum Gasteiger partial charge on any atom is -0.322 e. The van der Waals surface area contributed by atoms with Gasteiger partial charge in [0.25, 0.3) is 17.7 Å². The molecule has 0 atom stereocenters. The number of amides is 3. The smallest absolute Gasteiger partial charge is 0.261 e. The van der Waals surface area contributed by atoms with E-state index in [9.17, 15) is 14.4 Å². The van der Waals surface area contributed by atoms with Crippen LogP contribution in [-0.4, -0.2) is 73.3 Å². The van der Waals surface area contributed by atoms with E-state index in [1.165, 1.54) is 11.9 Å². The molecule has 28 heavy (non-hydrogen) atoms. The standard InChI is InChI=1S/C19H22N6O3/c1-23(2)7-8-25-18(27)14-6-4-5-12-9-13(10-15(17(12)14)19(25)28)21-22-24(3)16(26)11-20/h4-6,9-10H,7-8,11,20H2,1-3H3/b22-21+. The van der Waals surface area contributed by atoms with Crippen LogP contribution in [0.4, 0.5) is 5.69 Å². The van der Waals surface area contributed by atoms with Gasteiger partial charge in [-0.3, -0.25) is 19.3 Å². The Morgan fingerprint density at radius 3 is 2.50 bits per heavy atom.